The van der Waals surface area contributed by atoms with Crippen molar-refractivity contribution in [1.82, 2.24) is 4.57 Å². The van der Waals surface area contributed by atoms with Crippen LogP contribution in [-0.2, 0) is 24.4 Å². The first-order chi connectivity index (χ1) is 14.1. The van der Waals surface area contributed by atoms with Gasteiger partial charge >= 0.3 is 0 Å². The Hall–Kier alpha value is -3.53. The highest BCUT2D eigenvalue weighted by molar-refractivity contribution is 5.92. The van der Waals surface area contributed by atoms with Crippen LogP contribution in [0.5, 0.6) is 5.75 Å². The molecule has 0 unspecified atom stereocenters. The number of primary amides is 1. The Bertz CT molecular complexity index is 1130. The molecule has 0 aliphatic rings. The summed E-state index contributed by atoms with van der Waals surface area (Å²) in [6, 6.07) is 26.4. The molecular weight excluding hydrogens is 360 g/mol. The number of aromatic nitrogens is 1. The highest BCUT2D eigenvalue weighted by atomic mass is 16.5. The van der Waals surface area contributed by atoms with Crippen molar-refractivity contribution in [3.63, 3.8) is 0 Å². The molecule has 0 fully saturated rings. The Kier molecular flexibility index (Phi) is 5.34. The molecule has 29 heavy (non-hydrogen) atoms. The lowest BCUT2D eigenvalue weighted by Gasteiger charge is -2.11. The Morgan fingerprint density at radius 2 is 1.55 bits per heavy atom. The number of carbonyl (C=O) groups is 1. The lowest BCUT2D eigenvalue weighted by atomic mass is 10.0. The van der Waals surface area contributed by atoms with E-state index in [0.29, 0.717) is 6.61 Å². The van der Waals surface area contributed by atoms with E-state index in [-0.39, 0.29) is 12.5 Å². The average molecular weight is 384 g/mol. The number of ether oxygens (including phenoxy) is 1. The van der Waals surface area contributed by atoms with Crippen molar-refractivity contribution < 1.29 is 9.53 Å². The minimum Gasteiger partial charge on any atom is -0.487 e. The largest absolute Gasteiger partial charge is 0.487 e. The zero-order chi connectivity index (χ0) is 20.2. The summed E-state index contributed by atoms with van der Waals surface area (Å²) < 4.78 is 8.16. The van der Waals surface area contributed by atoms with Gasteiger partial charge in [0.25, 0.3) is 0 Å². The second kappa shape index (κ2) is 8.23. The number of nitrogens with zero attached hydrogens (tertiary/aromatic N) is 1. The highest BCUT2D eigenvalue weighted by Gasteiger charge is 2.19. The molecule has 0 aliphatic heterocycles. The van der Waals surface area contributed by atoms with E-state index in [4.69, 9.17) is 10.5 Å². The van der Waals surface area contributed by atoms with Crippen LogP contribution in [0, 0.1) is 6.92 Å². The minimum absolute atomic E-state index is 0.128. The van der Waals surface area contributed by atoms with Crippen molar-refractivity contribution in [2.24, 2.45) is 5.73 Å². The molecule has 0 aliphatic carbocycles. The van der Waals surface area contributed by atoms with Crippen molar-refractivity contribution >= 4 is 16.8 Å². The van der Waals surface area contributed by atoms with E-state index in [1.54, 1.807) is 0 Å². The first-order valence-electron chi connectivity index (χ1n) is 9.73. The van der Waals surface area contributed by atoms with Crippen molar-refractivity contribution in [2.45, 2.75) is 26.5 Å². The van der Waals surface area contributed by atoms with Crippen LogP contribution in [0.3, 0.4) is 0 Å². The number of carbonyl (C=O) groups excluding carboxylic acids is 1. The Morgan fingerprint density at radius 3 is 2.21 bits per heavy atom. The number of rotatable bonds is 7. The number of para-hydroxylation sites is 1. The van der Waals surface area contributed by atoms with E-state index in [9.17, 15) is 4.79 Å². The quantitative estimate of drug-likeness (QED) is 0.506. The van der Waals surface area contributed by atoms with Gasteiger partial charge in [-0.2, -0.15) is 0 Å². The molecule has 4 nitrogen and oxygen atoms in total. The van der Waals surface area contributed by atoms with E-state index < -0.39 is 0 Å². The molecule has 146 valence electrons. The summed E-state index contributed by atoms with van der Waals surface area (Å²) in [6.45, 7) is 2.64. The number of nitrogens with two attached hydrogens (primary N) is 1. The van der Waals surface area contributed by atoms with E-state index in [0.717, 1.165) is 34.3 Å². The number of benzene rings is 3. The van der Waals surface area contributed by atoms with Gasteiger partial charge < -0.3 is 15.0 Å². The minimum atomic E-state index is -0.367. The SMILES string of the molecule is Cc1c(Cc2ccccc2)c2cccc(OCc3ccccc3)c2n1CC(N)=O. The molecule has 0 spiro atoms. The number of fused-ring (bicyclic) bond motifs is 1. The molecule has 3 aromatic carbocycles. The maximum Gasteiger partial charge on any atom is 0.237 e. The van der Waals surface area contributed by atoms with Gasteiger partial charge in [-0.15, -0.1) is 0 Å². The first-order valence-corrected chi connectivity index (χ1v) is 9.73. The zero-order valence-corrected chi connectivity index (χ0v) is 16.5. The third kappa shape index (κ3) is 4.02. The monoisotopic (exact) mass is 384 g/mol. The topological polar surface area (TPSA) is 57.2 Å². The van der Waals surface area contributed by atoms with Gasteiger partial charge in [-0.3, -0.25) is 4.79 Å². The molecular formula is C25H24N2O2. The van der Waals surface area contributed by atoms with Gasteiger partial charge in [0.1, 0.15) is 18.9 Å². The average Bonchev–Trinajstić information content (AvgIpc) is 3.00. The van der Waals surface area contributed by atoms with Crippen LogP contribution in [0.4, 0.5) is 0 Å². The molecule has 2 N–H and O–H groups in total. The van der Waals surface area contributed by atoms with Gasteiger partial charge in [-0.05, 0) is 36.1 Å². The van der Waals surface area contributed by atoms with E-state index in [1.165, 1.54) is 11.1 Å². The fourth-order valence-corrected chi connectivity index (χ4v) is 3.80. The third-order valence-corrected chi connectivity index (χ3v) is 5.21. The number of hydrogen-bond acceptors (Lipinski definition) is 2. The summed E-state index contributed by atoms with van der Waals surface area (Å²) in [5, 5.41) is 1.10. The smallest absolute Gasteiger partial charge is 0.237 e. The molecule has 0 saturated carbocycles. The Labute approximate surface area is 170 Å². The summed E-state index contributed by atoms with van der Waals surface area (Å²) >= 11 is 0. The van der Waals surface area contributed by atoms with E-state index >= 15 is 0 Å². The van der Waals surface area contributed by atoms with Crippen molar-refractivity contribution in [1.29, 1.82) is 0 Å². The molecule has 0 saturated heterocycles. The fourth-order valence-electron chi connectivity index (χ4n) is 3.80. The van der Waals surface area contributed by atoms with E-state index in [1.807, 2.05) is 72.2 Å². The first kappa shape index (κ1) is 18.8. The standard InChI is InChI=1S/C25H24N2O2/c1-18-22(15-19-9-4-2-5-10-19)21-13-8-14-23(25(21)27(18)16-24(26)28)29-17-20-11-6-3-7-12-20/h2-14H,15-17H2,1H3,(H2,26,28). The van der Waals surface area contributed by atoms with Crippen LogP contribution >= 0.6 is 0 Å². The maximum absolute atomic E-state index is 11.8. The van der Waals surface area contributed by atoms with Gasteiger partial charge in [0.2, 0.25) is 5.91 Å². The number of hydrogen-bond donors (Lipinski definition) is 1. The van der Waals surface area contributed by atoms with Crippen molar-refractivity contribution in [3.05, 3.63) is 101 Å². The zero-order valence-electron chi connectivity index (χ0n) is 16.5. The predicted octanol–water partition coefficient (Wildman–Crippen LogP) is 4.60. The molecule has 1 heterocycles. The second-order valence-corrected chi connectivity index (χ2v) is 7.21. The van der Waals surface area contributed by atoms with Gasteiger partial charge in [0, 0.05) is 11.1 Å². The van der Waals surface area contributed by atoms with Gasteiger partial charge in [-0.1, -0.05) is 72.8 Å². The summed E-state index contributed by atoms with van der Waals surface area (Å²) in [4.78, 5) is 11.8. The highest BCUT2D eigenvalue weighted by Crippen LogP contribution is 2.34. The molecule has 0 atom stereocenters. The summed E-state index contributed by atoms with van der Waals surface area (Å²) in [5.74, 6) is 0.393. The van der Waals surface area contributed by atoms with Crippen LogP contribution in [0.15, 0.2) is 78.9 Å². The molecule has 0 radical (unpaired) electrons. The lowest BCUT2D eigenvalue weighted by molar-refractivity contribution is -0.118. The van der Waals surface area contributed by atoms with Gasteiger partial charge in [0.05, 0.1) is 5.52 Å². The van der Waals surface area contributed by atoms with Crippen LogP contribution in [0.25, 0.3) is 10.9 Å². The summed E-state index contributed by atoms with van der Waals surface area (Å²) in [6.07, 6.45) is 0.789. The van der Waals surface area contributed by atoms with Crippen LogP contribution in [-0.4, -0.2) is 10.5 Å². The van der Waals surface area contributed by atoms with Gasteiger partial charge in [0.15, 0.2) is 0 Å². The molecule has 1 amide bonds. The molecule has 1 aromatic heterocycles. The van der Waals surface area contributed by atoms with E-state index in [2.05, 4.69) is 18.2 Å². The second-order valence-electron chi connectivity index (χ2n) is 7.21. The summed E-state index contributed by atoms with van der Waals surface area (Å²) in [5.41, 5.74) is 11.0. The van der Waals surface area contributed by atoms with Gasteiger partial charge in [-0.25, -0.2) is 0 Å². The third-order valence-electron chi connectivity index (χ3n) is 5.21. The predicted molar refractivity (Wildman–Crippen MR) is 116 cm³/mol. The van der Waals surface area contributed by atoms with Crippen molar-refractivity contribution in [3.8, 4) is 5.75 Å². The van der Waals surface area contributed by atoms with Crippen LogP contribution in [0.1, 0.15) is 22.4 Å². The van der Waals surface area contributed by atoms with Crippen LogP contribution in [0.2, 0.25) is 0 Å². The molecule has 4 rings (SSSR count). The molecule has 4 aromatic rings. The van der Waals surface area contributed by atoms with Crippen LogP contribution < -0.4 is 10.5 Å². The normalized spacial score (nSPS) is 10.9. The fraction of sp³-hybridized carbons (Fsp3) is 0.160. The Morgan fingerprint density at radius 1 is 0.897 bits per heavy atom. The number of amides is 1. The summed E-state index contributed by atoms with van der Waals surface area (Å²) in [7, 11) is 0. The van der Waals surface area contributed by atoms with Crippen molar-refractivity contribution in [2.75, 3.05) is 0 Å². The Balaban J connectivity index is 1.78. The lowest BCUT2D eigenvalue weighted by Crippen LogP contribution is -2.19. The maximum atomic E-state index is 11.8. The molecule has 0 bridgehead atoms. The molecule has 4 heteroatoms.